The molecule has 0 aliphatic carbocycles. The van der Waals surface area contributed by atoms with Gasteiger partial charge in [-0.1, -0.05) is 12.0 Å². The molecule has 4 rings (SSSR count). The molecular formula is C22H18FN3O3. The zero-order chi connectivity index (χ0) is 20.4. The summed E-state index contributed by atoms with van der Waals surface area (Å²) >= 11 is 0. The Bertz CT molecular complexity index is 1100. The van der Waals surface area contributed by atoms with Crippen LogP contribution in [0.5, 0.6) is 11.5 Å². The van der Waals surface area contributed by atoms with E-state index in [0.29, 0.717) is 23.0 Å². The van der Waals surface area contributed by atoms with Crippen LogP contribution in [0, 0.1) is 18.2 Å². The Balaban J connectivity index is 1.73. The highest BCUT2D eigenvalue weighted by Crippen LogP contribution is 2.40. The van der Waals surface area contributed by atoms with E-state index in [1.807, 2.05) is 12.1 Å². The third-order valence-electron chi connectivity index (χ3n) is 4.79. The second-order valence-corrected chi connectivity index (χ2v) is 6.54. The second kappa shape index (κ2) is 7.68. The van der Waals surface area contributed by atoms with E-state index in [4.69, 9.17) is 15.9 Å². The van der Waals surface area contributed by atoms with E-state index < -0.39 is 0 Å². The molecule has 0 spiro atoms. The largest absolute Gasteiger partial charge is 0.493 e. The number of terminal acetylenes is 1. The van der Waals surface area contributed by atoms with Crippen LogP contribution in [0.4, 0.5) is 10.2 Å². The van der Waals surface area contributed by atoms with Gasteiger partial charge >= 0.3 is 0 Å². The summed E-state index contributed by atoms with van der Waals surface area (Å²) in [5, 5.41) is 7.29. The van der Waals surface area contributed by atoms with Crippen molar-refractivity contribution in [2.45, 2.75) is 12.3 Å². The molecule has 1 aliphatic heterocycles. The molecule has 2 aromatic carbocycles. The Morgan fingerprint density at radius 2 is 2.07 bits per heavy atom. The fourth-order valence-electron chi connectivity index (χ4n) is 3.43. The summed E-state index contributed by atoms with van der Waals surface area (Å²) in [4.78, 5) is 12.4. The van der Waals surface area contributed by atoms with Crippen molar-refractivity contribution in [2.75, 3.05) is 19.0 Å². The van der Waals surface area contributed by atoms with Crippen molar-refractivity contribution < 1.29 is 18.7 Å². The van der Waals surface area contributed by atoms with Gasteiger partial charge in [-0.3, -0.25) is 4.79 Å². The van der Waals surface area contributed by atoms with Crippen LogP contribution in [0.2, 0.25) is 0 Å². The topological polar surface area (TPSA) is 65.4 Å². The second-order valence-electron chi connectivity index (χ2n) is 6.54. The van der Waals surface area contributed by atoms with Crippen LogP contribution < -0.4 is 14.8 Å². The maximum atomic E-state index is 13.3. The van der Waals surface area contributed by atoms with Crippen molar-refractivity contribution in [3.8, 4) is 29.5 Å². The van der Waals surface area contributed by atoms with Crippen LogP contribution in [0.25, 0.3) is 5.69 Å². The Labute approximate surface area is 167 Å². The number of ether oxygens (including phenoxy) is 2. The number of fused-ring (bicyclic) bond motifs is 1. The summed E-state index contributed by atoms with van der Waals surface area (Å²) in [6.45, 7) is 0.135. The summed E-state index contributed by atoms with van der Waals surface area (Å²) < 4.78 is 25.8. The third-order valence-corrected chi connectivity index (χ3v) is 4.79. The lowest BCUT2D eigenvalue weighted by molar-refractivity contribution is -0.116. The maximum Gasteiger partial charge on any atom is 0.226 e. The molecule has 0 bridgehead atoms. The predicted molar refractivity (Wildman–Crippen MR) is 106 cm³/mol. The Morgan fingerprint density at radius 1 is 1.28 bits per heavy atom. The summed E-state index contributed by atoms with van der Waals surface area (Å²) in [7, 11) is 1.55. The van der Waals surface area contributed by atoms with E-state index >= 15 is 0 Å². The molecule has 7 heteroatoms. The van der Waals surface area contributed by atoms with Gasteiger partial charge in [0.25, 0.3) is 0 Å². The first-order valence-electron chi connectivity index (χ1n) is 8.98. The number of rotatable bonds is 5. The number of amides is 1. The van der Waals surface area contributed by atoms with E-state index in [2.05, 4.69) is 16.3 Å². The van der Waals surface area contributed by atoms with Crippen LogP contribution >= 0.6 is 0 Å². The van der Waals surface area contributed by atoms with E-state index in [-0.39, 0.29) is 30.7 Å². The molecule has 146 valence electrons. The summed E-state index contributed by atoms with van der Waals surface area (Å²) in [5.41, 5.74) is 2.42. The Morgan fingerprint density at radius 3 is 2.79 bits per heavy atom. The molecule has 0 unspecified atom stereocenters. The van der Waals surface area contributed by atoms with Crippen molar-refractivity contribution in [2.24, 2.45) is 0 Å². The number of anilines is 1. The van der Waals surface area contributed by atoms with Gasteiger partial charge in [0, 0.05) is 17.9 Å². The highest BCUT2D eigenvalue weighted by atomic mass is 19.1. The number of hydrogen-bond acceptors (Lipinski definition) is 4. The minimum Gasteiger partial charge on any atom is -0.493 e. The van der Waals surface area contributed by atoms with Gasteiger partial charge in [0.1, 0.15) is 18.2 Å². The molecule has 1 aromatic heterocycles. The molecule has 0 radical (unpaired) electrons. The SMILES string of the molecule is C#CCOc1ccc([C@@H]2CC(=O)Nc3c2cnn3-c2ccc(F)cc2)cc1OC. The molecule has 1 atom stereocenters. The lowest BCUT2D eigenvalue weighted by Gasteiger charge is -2.24. The van der Waals surface area contributed by atoms with E-state index in [1.54, 1.807) is 36.2 Å². The molecule has 1 N–H and O–H groups in total. The number of carbonyl (C=O) groups excluding carboxylic acids is 1. The number of carbonyl (C=O) groups is 1. The number of hydrogen-bond donors (Lipinski definition) is 1. The molecule has 3 aromatic rings. The van der Waals surface area contributed by atoms with E-state index in [9.17, 15) is 9.18 Å². The monoisotopic (exact) mass is 391 g/mol. The Kier molecular flexibility index (Phi) is 4.92. The number of benzene rings is 2. The number of methoxy groups -OCH3 is 1. The van der Waals surface area contributed by atoms with Gasteiger partial charge < -0.3 is 14.8 Å². The fraction of sp³-hybridized carbons (Fsp3) is 0.182. The fourth-order valence-corrected chi connectivity index (χ4v) is 3.43. The van der Waals surface area contributed by atoms with Gasteiger partial charge in [0.2, 0.25) is 5.91 Å². The molecule has 2 heterocycles. The average molecular weight is 391 g/mol. The van der Waals surface area contributed by atoms with Crippen LogP contribution in [-0.4, -0.2) is 29.4 Å². The first-order chi connectivity index (χ1) is 14.1. The van der Waals surface area contributed by atoms with Crippen molar-refractivity contribution in [3.05, 3.63) is 65.6 Å². The zero-order valence-electron chi connectivity index (χ0n) is 15.7. The lowest BCUT2D eigenvalue weighted by Crippen LogP contribution is -2.24. The average Bonchev–Trinajstić information content (AvgIpc) is 3.15. The Hall–Kier alpha value is -3.79. The van der Waals surface area contributed by atoms with Gasteiger partial charge in [-0.15, -0.1) is 6.42 Å². The van der Waals surface area contributed by atoms with Crippen LogP contribution in [0.15, 0.2) is 48.7 Å². The van der Waals surface area contributed by atoms with E-state index in [0.717, 1.165) is 11.1 Å². The summed E-state index contributed by atoms with van der Waals surface area (Å²) in [5.74, 6) is 3.40. The normalized spacial score (nSPS) is 15.2. The highest BCUT2D eigenvalue weighted by Gasteiger charge is 2.31. The van der Waals surface area contributed by atoms with Gasteiger partial charge in [-0.05, 0) is 42.0 Å². The van der Waals surface area contributed by atoms with Crippen molar-refractivity contribution in [1.29, 1.82) is 0 Å². The molecular weight excluding hydrogens is 373 g/mol. The third kappa shape index (κ3) is 3.52. The molecule has 0 saturated heterocycles. The number of nitrogens with one attached hydrogen (secondary N) is 1. The van der Waals surface area contributed by atoms with Crippen molar-refractivity contribution in [3.63, 3.8) is 0 Å². The molecule has 29 heavy (non-hydrogen) atoms. The summed E-state index contributed by atoms with van der Waals surface area (Å²) in [6.07, 6.45) is 7.25. The van der Waals surface area contributed by atoms with Crippen LogP contribution in [0.1, 0.15) is 23.5 Å². The van der Waals surface area contributed by atoms with Gasteiger partial charge in [-0.2, -0.15) is 5.10 Å². The smallest absolute Gasteiger partial charge is 0.226 e. The number of halogens is 1. The quantitative estimate of drug-likeness (QED) is 0.676. The van der Waals surface area contributed by atoms with E-state index in [1.165, 1.54) is 12.1 Å². The van der Waals surface area contributed by atoms with Crippen LogP contribution in [0.3, 0.4) is 0 Å². The number of aromatic nitrogens is 2. The predicted octanol–water partition coefficient (Wildman–Crippen LogP) is 3.51. The molecule has 6 nitrogen and oxygen atoms in total. The minimum absolute atomic E-state index is 0.127. The molecule has 0 fully saturated rings. The van der Waals surface area contributed by atoms with Crippen molar-refractivity contribution in [1.82, 2.24) is 9.78 Å². The zero-order valence-corrected chi connectivity index (χ0v) is 15.7. The first-order valence-corrected chi connectivity index (χ1v) is 8.98. The van der Waals surface area contributed by atoms with Crippen molar-refractivity contribution >= 4 is 11.7 Å². The molecule has 1 aliphatic rings. The molecule has 0 saturated carbocycles. The first kappa shape index (κ1) is 18.6. The number of nitrogens with zero attached hydrogens (tertiary/aromatic N) is 2. The summed E-state index contributed by atoms with van der Waals surface area (Å²) in [6, 6.07) is 11.4. The standard InChI is InChI=1S/C22H18FN3O3/c1-3-10-29-19-9-4-14(11-20(19)28-2)17-12-21(27)25-22-18(17)13-24-26(22)16-7-5-15(23)6-8-16/h1,4-9,11,13,17H,10,12H2,2H3,(H,25,27)/t17-/m0/s1. The van der Waals surface area contributed by atoms with Gasteiger partial charge in [0.05, 0.1) is 19.0 Å². The molecule has 1 amide bonds. The van der Waals surface area contributed by atoms with Crippen LogP contribution in [-0.2, 0) is 4.79 Å². The maximum absolute atomic E-state index is 13.3. The van der Waals surface area contributed by atoms with Gasteiger partial charge in [0.15, 0.2) is 11.5 Å². The minimum atomic E-state index is -0.337. The van der Waals surface area contributed by atoms with Gasteiger partial charge in [-0.25, -0.2) is 9.07 Å². The highest BCUT2D eigenvalue weighted by molar-refractivity contribution is 5.94. The lowest BCUT2D eigenvalue weighted by atomic mass is 9.87.